The first-order valence-electron chi connectivity index (χ1n) is 11.4. The second-order valence-electron chi connectivity index (χ2n) is 8.28. The maximum Gasteiger partial charge on any atom is 0.255 e. The molecule has 188 valence electrons. The molecule has 2 N–H and O–H groups in total. The number of hydrogen-bond donors (Lipinski definition) is 2. The third kappa shape index (κ3) is 5.83. The number of aliphatic hydroxyl groups excluding tert-OH is 1. The number of pyridine rings is 1. The van der Waals surface area contributed by atoms with Crippen LogP contribution in [0.3, 0.4) is 0 Å². The summed E-state index contributed by atoms with van der Waals surface area (Å²) in [4.78, 5) is 15.0. The van der Waals surface area contributed by atoms with Gasteiger partial charge in [-0.1, -0.05) is 0 Å². The van der Waals surface area contributed by atoms with Crippen molar-refractivity contribution in [1.29, 1.82) is 0 Å². The van der Waals surface area contributed by atoms with E-state index in [-0.39, 0.29) is 5.56 Å². The minimum atomic E-state index is -1.07. The molecular formula is C26H24F4N4O2. The fourth-order valence-electron chi connectivity index (χ4n) is 3.99. The van der Waals surface area contributed by atoms with Crippen LogP contribution in [0, 0.1) is 23.3 Å². The number of halogens is 4. The molecule has 2 aromatic carbocycles. The van der Waals surface area contributed by atoms with E-state index >= 15 is 0 Å². The predicted octanol–water partition coefficient (Wildman–Crippen LogP) is 4.64. The van der Waals surface area contributed by atoms with E-state index in [0.29, 0.717) is 11.1 Å². The number of benzene rings is 2. The van der Waals surface area contributed by atoms with Crippen molar-refractivity contribution in [2.75, 3.05) is 24.6 Å². The van der Waals surface area contributed by atoms with Crippen molar-refractivity contribution in [3.05, 3.63) is 101 Å². The second kappa shape index (κ2) is 11.2. The first-order chi connectivity index (χ1) is 17.4. The van der Waals surface area contributed by atoms with Gasteiger partial charge in [-0.3, -0.25) is 4.79 Å². The molecule has 3 heterocycles. The van der Waals surface area contributed by atoms with E-state index in [2.05, 4.69) is 15.3 Å². The molecule has 1 fully saturated rings. The Bertz CT molecular complexity index is 1320. The Morgan fingerprint density at radius 2 is 1.58 bits per heavy atom. The summed E-state index contributed by atoms with van der Waals surface area (Å²) in [6, 6.07) is 10.0. The van der Waals surface area contributed by atoms with E-state index in [1.807, 2.05) is 12.1 Å². The van der Waals surface area contributed by atoms with Crippen molar-refractivity contribution >= 4 is 17.1 Å². The molecule has 2 aromatic heterocycles. The van der Waals surface area contributed by atoms with Crippen LogP contribution in [0.1, 0.15) is 34.8 Å². The summed E-state index contributed by atoms with van der Waals surface area (Å²) in [6.45, 7) is 1.37. The van der Waals surface area contributed by atoms with Gasteiger partial charge in [-0.05, 0) is 67.4 Å². The summed E-state index contributed by atoms with van der Waals surface area (Å²) in [5, 5.41) is 16.4. The zero-order valence-corrected chi connectivity index (χ0v) is 19.2. The maximum absolute atomic E-state index is 14.0. The van der Waals surface area contributed by atoms with Gasteiger partial charge >= 0.3 is 0 Å². The van der Waals surface area contributed by atoms with Gasteiger partial charge in [0.2, 0.25) is 0 Å². The SMILES string of the molecule is Fc1ccc(F)cc1.O=C(NC(CO)c1cc(F)ccc1F)c1cnn2ccc(N3CCCC3)cc12. The van der Waals surface area contributed by atoms with Gasteiger partial charge in [0.1, 0.15) is 23.3 Å². The van der Waals surface area contributed by atoms with Crippen LogP contribution in [-0.4, -0.2) is 40.3 Å². The molecule has 1 aliphatic heterocycles. The first kappa shape index (κ1) is 25.2. The minimum Gasteiger partial charge on any atom is -0.394 e. The topological polar surface area (TPSA) is 69.9 Å². The summed E-state index contributed by atoms with van der Waals surface area (Å²) in [7, 11) is 0. The maximum atomic E-state index is 14.0. The van der Waals surface area contributed by atoms with E-state index in [4.69, 9.17) is 0 Å². The number of carbonyl (C=O) groups excluding carboxylic acids is 1. The second-order valence-corrected chi connectivity index (χ2v) is 8.28. The Labute approximate surface area is 204 Å². The number of nitrogens with one attached hydrogen (secondary N) is 1. The Kier molecular flexibility index (Phi) is 7.84. The van der Waals surface area contributed by atoms with Crippen LogP contribution in [0.15, 0.2) is 67.0 Å². The van der Waals surface area contributed by atoms with Crippen molar-refractivity contribution < 1.29 is 27.5 Å². The molecule has 0 spiro atoms. The monoisotopic (exact) mass is 500 g/mol. The standard InChI is InChI=1S/C20H20F2N4O2.C6H4F2/c21-13-3-4-17(22)15(9-13)18(12-27)24-20(28)16-11-23-26-8-5-14(10-19(16)26)25-6-1-2-7-25;7-5-1-2-6(8)4-3-5/h3-5,8-11,18,27H,1-2,6-7,12H2,(H,24,28);1-4H. The highest BCUT2D eigenvalue weighted by atomic mass is 19.1. The molecule has 1 amide bonds. The zero-order chi connectivity index (χ0) is 25.7. The third-order valence-corrected chi connectivity index (χ3v) is 5.85. The molecule has 6 nitrogen and oxygen atoms in total. The van der Waals surface area contributed by atoms with E-state index < -0.39 is 41.8 Å². The average Bonchev–Trinajstić information content (AvgIpc) is 3.56. The highest BCUT2D eigenvalue weighted by molar-refractivity contribution is 6.01. The van der Waals surface area contributed by atoms with Gasteiger partial charge in [0.15, 0.2) is 0 Å². The van der Waals surface area contributed by atoms with Crippen LogP contribution in [0.25, 0.3) is 5.52 Å². The van der Waals surface area contributed by atoms with Gasteiger partial charge in [-0.15, -0.1) is 0 Å². The molecule has 0 radical (unpaired) electrons. The van der Waals surface area contributed by atoms with Crippen molar-refractivity contribution in [2.45, 2.75) is 18.9 Å². The van der Waals surface area contributed by atoms with Crippen LogP contribution in [0.4, 0.5) is 23.2 Å². The Morgan fingerprint density at radius 1 is 0.944 bits per heavy atom. The molecule has 0 aliphatic carbocycles. The van der Waals surface area contributed by atoms with Crippen LogP contribution in [0.5, 0.6) is 0 Å². The number of aromatic nitrogens is 2. The molecule has 5 rings (SSSR count). The van der Waals surface area contributed by atoms with Crippen molar-refractivity contribution in [3.8, 4) is 0 Å². The number of carbonyl (C=O) groups is 1. The molecule has 1 unspecified atom stereocenters. The van der Waals surface area contributed by atoms with Crippen LogP contribution in [-0.2, 0) is 0 Å². The lowest BCUT2D eigenvalue weighted by molar-refractivity contribution is 0.0916. The van der Waals surface area contributed by atoms with Crippen LogP contribution in [0.2, 0.25) is 0 Å². The third-order valence-electron chi connectivity index (χ3n) is 5.85. The van der Waals surface area contributed by atoms with Gasteiger partial charge in [-0.25, -0.2) is 22.1 Å². The lowest BCUT2D eigenvalue weighted by atomic mass is 10.1. The number of nitrogens with zero attached hydrogens (tertiary/aromatic N) is 3. The lowest BCUT2D eigenvalue weighted by Crippen LogP contribution is -2.31. The van der Waals surface area contributed by atoms with E-state index in [9.17, 15) is 27.5 Å². The largest absolute Gasteiger partial charge is 0.394 e. The number of aliphatic hydroxyl groups is 1. The van der Waals surface area contributed by atoms with Gasteiger partial charge in [0, 0.05) is 30.5 Å². The average molecular weight is 500 g/mol. The molecular weight excluding hydrogens is 476 g/mol. The highest BCUT2D eigenvalue weighted by Crippen LogP contribution is 2.24. The first-order valence-corrected chi connectivity index (χ1v) is 11.4. The van der Waals surface area contributed by atoms with Crippen LogP contribution >= 0.6 is 0 Å². The fourth-order valence-corrected chi connectivity index (χ4v) is 3.99. The van der Waals surface area contributed by atoms with E-state index in [1.165, 1.54) is 6.20 Å². The number of hydrogen-bond acceptors (Lipinski definition) is 4. The van der Waals surface area contributed by atoms with Gasteiger partial charge in [-0.2, -0.15) is 5.10 Å². The summed E-state index contributed by atoms with van der Waals surface area (Å²) in [6.07, 6.45) is 5.48. The number of rotatable bonds is 5. The van der Waals surface area contributed by atoms with E-state index in [1.54, 1.807) is 10.7 Å². The summed E-state index contributed by atoms with van der Waals surface area (Å²) in [5.41, 5.74) is 1.81. The summed E-state index contributed by atoms with van der Waals surface area (Å²) in [5.74, 6) is -2.68. The Hall–Kier alpha value is -3.92. The van der Waals surface area contributed by atoms with E-state index in [0.717, 1.165) is 74.1 Å². The van der Waals surface area contributed by atoms with Gasteiger partial charge in [0.05, 0.1) is 29.9 Å². The molecule has 1 atom stereocenters. The predicted molar refractivity (Wildman–Crippen MR) is 127 cm³/mol. The molecule has 4 aromatic rings. The number of anilines is 1. The minimum absolute atomic E-state index is 0.106. The molecule has 1 saturated heterocycles. The molecule has 0 saturated carbocycles. The van der Waals surface area contributed by atoms with Gasteiger partial charge < -0.3 is 15.3 Å². The number of fused-ring (bicyclic) bond motifs is 1. The lowest BCUT2D eigenvalue weighted by Gasteiger charge is -2.18. The molecule has 36 heavy (non-hydrogen) atoms. The number of amides is 1. The molecule has 0 bridgehead atoms. The zero-order valence-electron chi connectivity index (χ0n) is 19.2. The van der Waals surface area contributed by atoms with Crippen LogP contribution < -0.4 is 10.2 Å². The summed E-state index contributed by atoms with van der Waals surface area (Å²) >= 11 is 0. The Morgan fingerprint density at radius 3 is 2.22 bits per heavy atom. The summed E-state index contributed by atoms with van der Waals surface area (Å²) < 4.78 is 52.9. The highest BCUT2D eigenvalue weighted by Gasteiger charge is 2.22. The molecule has 1 aliphatic rings. The van der Waals surface area contributed by atoms with Crippen molar-refractivity contribution in [3.63, 3.8) is 0 Å². The quantitative estimate of drug-likeness (QED) is 0.392. The smallest absolute Gasteiger partial charge is 0.255 e. The van der Waals surface area contributed by atoms with Gasteiger partial charge in [0.25, 0.3) is 5.91 Å². The van der Waals surface area contributed by atoms with Crippen molar-refractivity contribution in [1.82, 2.24) is 14.9 Å². The van der Waals surface area contributed by atoms with Crippen molar-refractivity contribution in [2.24, 2.45) is 0 Å². The molecule has 10 heteroatoms. The fraction of sp³-hybridized carbons (Fsp3) is 0.231. The Balaban J connectivity index is 0.000000325. The normalized spacial score (nSPS) is 13.9.